The summed E-state index contributed by atoms with van der Waals surface area (Å²) < 4.78 is 10.1. The van der Waals surface area contributed by atoms with E-state index in [2.05, 4.69) is 0 Å². The van der Waals surface area contributed by atoms with Crippen molar-refractivity contribution in [2.75, 3.05) is 14.2 Å². The van der Waals surface area contributed by atoms with E-state index in [0.29, 0.717) is 11.1 Å². The Morgan fingerprint density at radius 3 is 1.40 bits per heavy atom. The Kier molecular flexibility index (Phi) is 4.16. The summed E-state index contributed by atoms with van der Waals surface area (Å²) in [5, 5.41) is 20.9. The van der Waals surface area contributed by atoms with Gasteiger partial charge >= 0.3 is 0 Å². The first-order chi connectivity index (χ1) is 9.51. The van der Waals surface area contributed by atoms with Crippen molar-refractivity contribution in [3.8, 4) is 34.1 Å². The standard InChI is InChI=1S/C14H12Cl2O4/c1-19-13-9(15)5-3-7(11(13)17)8-4-6-10(16)14(20-2)12(8)18/h3-6,17-18H,1-2H3. The Labute approximate surface area is 126 Å². The second kappa shape index (κ2) is 5.69. The quantitative estimate of drug-likeness (QED) is 0.896. The van der Waals surface area contributed by atoms with E-state index in [1.54, 1.807) is 24.3 Å². The fourth-order valence-corrected chi connectivity index (χ4v) is 2.38. The van der Waals surface area contributed by atoms with Gasteiger partial charge in [-0.2, -0.15) is 0 Å². The number of benzene rings is 2. The van der Waals surface area contributed by atoms with Crippen LogP contribution in [0.2, 0.25) is 10.0 Å². The Balaban J connectivity index is 2.70. The molecule has 0 aliphatic heterocycles. The molecule has 0 amide bonds. The highest BCUT2D eigenvalue weighted by molar-refractivity contribution is 6.33. The molecule has 0 fully saturated rings. The molecule has 0 aliphatic carbocycles. The van der Waals surface area contributed by atoms with E-state index in [0.717, 1.165) is 0 Å². The van der Waals surface area contributed by atoms with E-state index in [1.807, 2.05) is 0 Å². The SMILES string of the molecule is COc1c(Cl)ccc(-c2ccc(Cl)c(OC)c2O)c1O. The maximum atomic E-state index is 10.2. The molecule has 2 N–H and O–H groups in total. The van der Waals surface area contributed by atoms with Crippen molar-refractivity contribution in [2.45, 2.75) is 0 Å². The number of halogens is 2. The molecule has 0 spiro atoms. The van der Waals surface area contributed by atoms with Crippen molar-refractivity contribution < 1.29 is 19.7 Å². The van der Waals surface area contributed by atoms with Crippen LogP contribution in [-0.2, 0) is 0 Å². The number of phenols is 2. The fourth-order valence-electron chi connectivity index (χ4n) is 1.92. The molecule has 0 saturated carbocycles. The number of rotatable bonds is 3. The van der Waals surface area contributed by atoms with Crippen molar-refractivity contribution >= 4 is 23.2 Å². The molecular formula is C14H12Cl2O4. The van der Waals surface area contributed by atoms with Crippen molar-refractivity contribution in [3.63, 3.8) is 0 Å². The van der Waals surface area contributed by atoms with Crippen molar-refractivity contribution in [1.29, 1.82) is 0 Å². The Morgan fingerprint density at radius 2 is 1.10 bits per heavy atom. The molecule has 0 aliphatic rings. The molecule has 0 radical (unpaired) electrons. The van der Waals surface area contributed by atoms with Gasteiger partial charge in [0.25, 0.3) is 0 Å². The van der Waals surface area contributed by atoms with Crippen molar-refractivity contribution in [1.82, 2.24) is 0 Å². The first-order valence-electron chi connectivity index (χ1n) is 5.62. The molecule has 0 heterocycles. The smallest absolute Gasteiger partial charge is 0.179 e. The molecule has 4 nitrogen and oxygen atoms in total. The van der Waals surface area contributed by atoms with Crippen LogP contribution < -0.4 is 9.47 Å². The van der Waals surface area contributed by atoms with Gasteiger partial charge in [-0.05, 0) is 24.3 Å². The average molecular weight is 315 g/mol. The summed E-state index contributed by atoms with van der Waals surface area (Å²) in [4.78, 5) is 0. The number of hydrogen-bond acceptors (Lipinski definition) is 4. The first kappa shape index (κ1) is 14.6. The first-order valence-corrected chi connectivity index (χ1v) is 6.38. The van der Waals surface area contributed by atoms with Gasteiger partial charge in [0, 0.05) is 11.1 Å². The third kappa shape index (κ3) is 2.32. The Morgan fingerprint density at radius 1 is 0.750 bits per heavy atom. The minimum atomic E-state index is -0.167. The third-order valence-corrected chi connectivity index (χ3v) is 3.46. The van der Waals surface area contributed by atoms with E-state index in [-0.39, 0.29) is 33.0 Å². The lowest BCUT2D eigenvalue weighted by Crippen LogP contribution is -1.91. The van der Waals surface area contributed by atoms with E-state index < -0.39 is 0 Å². The summed E-state index contributed by atoms with van der Waals surface area (Å²) in [6.45, 7) is 0. The molecule has 0 bridgehead atoms. The van der Waals surface area contributed by atoms with Crippen LogP contribution in [0.5, 0.6) is 23.0 Å². The van der Waals surface area contributed by atoms with Gasteiger partial charge in [-0.3, -0.25) is 0 Å². The highest BCUT2D eigenvalue weighted by Crippen LogP contribution is 2.48. The molecule has 106 valence electrons. The molecule has 6 heteroatoms. The van der Waals surface area contributed by atoms with Gasteiger partial charge in [0.1, 0.15) is 0 Å². The number of methoxy groups -OCH3 is 2. The highest BCUT2D eigenvalue weighted by Gasteiger charge is 2.19. The zero-order valence-corrected chi connectivity index (χ0v) is 12.3. The molecule has 2 rings (SSSR count). The number of ether oxygens (including phenoxy) is 2. The fraction of sp³-hybridized carbons (Fsp3) is 0.143. The monoisotopic (exact) mass is 314 g/mol. The van der Waals surface area contributed by atoms with E-state index in [9.17, 15) is 10.2 Å². The number of phenolic OH excluding ortho intramolecular Hbond substituents is 2. The van der Waals surface area contributed by atoms with Crippen LogP contribution in [0, 0.1) is 0 Å². The molecule has 0 saturated heterocycles. The maximum absolute atomic E-state index is 10.2. The van der Waals surface area contributed by atoms with Gasteiger partial charge in [0.2, 0.25) is 0 Å². The van der Waals surface area contributed by atoms with Gasteiger partial charge in [0.15, 0.2) is 23.0 Å². The Hall–Kier alpha value is -1.78. The largest absolute Gasteiger partial charge is 0.504 e. The van der Waals surface area contributed by atoms with Crippen molar-refractivity contribution in [3.05, 3.63) is 34.3 Å². The average Bonchev–Trinajstić information content (AvgIpc) is 2.41. The van der Waals surface area contributed by atoms with Crippen LogP contribution in [0.1, 0.15) is 0 Å². The van der Waals surface area contributed by atoms with Crippen LogP contribution in [0.25, 0.3) is 11.1 Å². The van der Waals surface area contributed by atoms with Gasteiger partial charge in [-0.15, -0.1) is 0 Å². The molecular weight excluding hydrogens is 303 g/mol. The van der Waals surface area contributed by atoms with E-state index >= 15 is 0 Å². The molecule has 0 unspecified atom stereocenters. The predicted octanol–water partition coefficient (Wildman–Crippen LogP) is 4.09. The minimum Gasteiger partial charge on any atom is -0.504 e. The third-order valence-electron chi connectivity index (χ3n) is 2.87. The summed E-state index contributed by atoms with van der Waals surface area (Å²) >= 11 is 11.8. The van der Waals surface area contributed by atoms with Crippen LogP contribution >= 0.6 is 23.2 Å². The lowest BCUT2D eigenvalue weighted by atomic mass is 10.0. The molecule has 2 aromatic carbocycles. The normalized spacial score (nSPS) is 10.4. The summed E-state index contributed by atoms with van der Waals surface area (Å²) in [6.07, 6.45) is 0. The maximum Gasteiger partial charge on any atom is 0.179 e. The van der Waals surface area contributed by atoms with Crippen LogP contribution in [0.3, 0.4) is 0 Å². The zero-order chi connectivity index (χ0) is 14.9. The van der Waals surface area contributed by atoms with Crippen molar-refractivity contribution in [2.24, 2.45) is 0 Å². The molecule has 2 aromatic rings. The van der Waals surface area contributed by atoms with Crippen LogP contribution in [-0.4, -0.2) is 24.4 Å². The topological polar surface area (TPSA) is 58.9 Å². The predicted molar refractivity (Wildman–Crippen MR) is 78.3 cm³/mol. The second-order valence-corrected chi connectivity index (χ2v) is 4.77. The van der Waals surface area contributed by atoms with Gasteiger partial charge < -0.3 is 19.7 Å². The lowest BCUT2D eigenvalue weighted by molar-refractivity contribution is 0.371. The molecule has 20 heavy (non-hydrogen) atoms. The molecule has 0 atom stereocenters. The number of hydrogen-bond donors (Lipinski definition) is 2. The number of aromatic hydroxyl groups is 2. The van der Waals surface area contributed by atoms with E-state index in [1.165, 1.54) is 14.2 Å². The van der Waals surface area contributed by atoms with Gasteiger partial charge in [-0.1, -0.05) is 23.2 Å². The second-order valence-electron chi connectivity index (χ2n) is 3.95. The Bertz CT molecular complexity index is 599. The highest BCUT2D eigenvalue weighted by atomic mass is 35.5. The summed E-state index contributed by atoms with van der Waals surface area (Å²) in [6, 6.07) is 6.27. The summed E-state index contributed by atoms with van der Waals surface area (Å²) in [7, 11) is 2.79. The zero-order valence-electron chi connectivity index (χ0n) is 10.8. The molecule has 0 aromatic heterocycles. The van der Waals surface area contributed by atoms with E-state index in [4.69, 9.17) is 32.7 Å². The summed E-state index contributed by atoms with van der Waals surface area (Å²) in [5.41, 5.74) is 0.720. The van der Waals surface area contributed by atoms with Crippen LogP contribution in [0.15, 0.2) is 24.3 Å². The van der Waals surface area contributed by atoms with Crippen LogP contribution in [0.4, 0.5) is 0 Å². The lowest BCUT2D eigenvalue weighted by Gasteiger charge is -2.14. The van der Waals surface area contributed by atoms with Gasteiger partial charge in [0.05, 0.1) is 24.3 Å². The minimum absolute atomic E-state index is 0.137. The summed E-state index contributed by atoms with van der Waals surface area (Å²) in [5.74, 6) is -0.0608. The van der Waals surface area contributed by atoms with Gasteiger partial charge in [-0.25, -0.2) is 0 Å².